The summed E-state index contributed by atoms with van der Waals surface area (Å²) in [7, 11) is 1.80. The van der Waals surface area contributed by atoms with Crippen molar-refractivity contribution in [3.8, 4) is 0 Å². The summed E-state index contributed by atoms with van der Waals surface area (Å²) in [6.07, 6.45) is 5.13. The molecule has 0 aliphatic carbocycles. The van der Waals surface area contributed by atoms with Crippen LogP contribution in [0.5, 0.6) is 0 Å². The molecule has 5 heteroatoms. The van der Waals surface area contributed by atoms with Crippen LogP contribution >= 0.6 is 0 Å². The molecule has 0 radical (unpaired) electrons. The molecule has 0 bridgehead atoms. The number of nitrogens with zero attached hydrogens (tertiary/aromatic N) is 4. The Hall–Kier alpha value is -2.43. The second kappa shape index (κ2) is 7.22. The van der Waals surface area contributed by atoms with Crippen LogP contribution in [-0.4, -0.2) is 40.9 Å². The number of piperidine rings is 1. The number of hydrogen-bond donors (Lipinski definition) is 0. The maximum absolute atomic E-state index is 12.6. The molecule has 23 heavy (non-hydrogen) atoms. The Morgan fingerprint density at radius 2 is 1.87 bits per heavy atom. The average molecular weight is 310 g/mol. The van der Waals surface area contributed by atoms with Crippen molar-refractivity contribution in [2.45, 2.75) is 25.8 Å². The quantitative estimate of drug-likeness (QED) is 0.871. The van der Waals surface area contributed by atoms with Gasteiger partial charge in [-0.25, -0.2) is 9.97 Å². The van der Waals surface area contributed by atoms with Gasteiger partial charge in [-0.2, -0.15) is 0 Å². The molecule has 1 aromatic carbocycles. The third kappa shape index (κ3) is 3.86. The number of rotatable bonds is 4. The van der Waals surface area contributed by atoms with E-state index in [4.69, 9.17) is 0 Å². The van der Waals surface area contributed by atoms with Crippen molar-refractivity contribution in [1.82, 2.24) is 14.9 Å². The molecule has 120 valence electrons. The van der Waals surface area contributed by atoms with Crippen molar-refractivity contribution < 1.29 is 4.79 Å². The normalized spacial score (nSPS) is 14.6. The van der Waals surface area contributed by atoms with Gasteiger partial charge in [0.15, 0.2) is 0 Å². The van der Waals surface area contributed by atoms with E-state index in [-0.39, 0.29) is 5.91 Å². The molecule has 1 aliphatic heterocycles. The molecule has 1 amide bonds. The van der Waals surface area contributed by atoms with E-state index in [1.165, 1.54) is 25.6 Å². The zero-order valence-electron chi connectivity index (χ0n) is 13.5. The van der Waals surface area contributed by atoms with Crippen LogP contribution in [0.1, 0.15) is 35.3 Å². The zero-order valence-corrected chi connectivity index (χ0v) is 13.5. The van der Waals surface area contributed by atoms with Crippen LogP contribution in [0.25, 0.3) is 0 Å². The molecular weight excluding hydrogens is 288 g/mol. The van der Waals surface area contributed by atoms with Crippen LogP contribution < -0.4 is 4.90 Å². The highest BCUT2D eigenvalue weighted by molar-refractivity contribution is 5.92. The average Bonchev–Trinajstić information content (AvgIpc) is 2.63. The molecule has 0 saturated carbocycles. The smallest absolute Gasteiger partial charge is 0.272 e. The largest absolute Gasteiger partial charge is 0.357 e. The van der Waals surface area contributed by atoms with Crippen molar-refractivity contribution in [2.24, 2.45) is 0 Å². The molecule has 2 aromatic rings. The molecular formula is C18H22N4O. The third-order valence-electron chi connectivity index (χ3n) is 4.16. The molecule has 1 aromatic heterocycles. The van der Waals surface area contributed by atoms with Gasteiger partial charge in [0.2, 0.25) is 0 Å². The summed E-state index contributed by atoms with van der Waals surface area (Å²) in [5.41, 5.74) is 1.56. The van der Waals surface area contributed by atoms with Crippen LogP contribution in [0.2, 0.25) is 0 Å². The number of anilines is 1. The topological polar surface area (TPSA) is 49.3 Å². The van der Waals surface area contributed by atoms with Crippen molar-refractivity contribution in [2.75, 3.05) is 25.0 Å². The first-order chi connectivity index (χ1) is 11.2. The first-order valence-corrected chi connectivity index (χ1v) is 8.10. The Kier molecular flexibility index (Phi) is 4.86. The van der Waals surface area contributed by atoms with Crippen molar-refractivity contribution in [3.05, 3.63) is 54.0 Å². The van der Waals surface area contributed by atoms with E-state index in [0.29, 0.717) is 12.2 Å². The fourth-order valence-electron chi connectivity index (χ4n) is 2.88. The Balaban J connectivity index is 1.71. The monoisotopic (exact) mass is 310 g/mol. The fraction of sp³-hybridized carbons (Fsp3) is 0.389. The van der Waals surface area contributed by atoms with E-state index >= 15 is 0 Å². The van der Waals surface area contributed by atoms with E-state index in [1.807, 2.05) is 36.4 Å². The summed E-state index contributed by atoms with van der Waals surface area (Å²) < 4.78 is 0. The lowest BCUT2D eigenvalue weighted by molar-refractivity contribution is 0.0779. The van der Waals surface area contributed by atoms with Crippen molar-refractivity contribution >= 4 is 11.7 Å². The first kappa shape index (κ1) is 15.5. The highest BCUT2D eigenvalue weighted by Gasteiger charge is 2.17. The lowest BCUT2D eigenvalue weighted by atomic mass is 10.1. The summed E-state index contributed by atoms with van der Waals surface area (Å²) in [6.45, 7) is 2.58. The highest BCUT2D eigenvalue weighted by atomic mass is 16.2. The van der Waals surface area contributed by atoms with Crippen LogP contribution in [-0.2, 0) is 6.54 Å². The highest BCUT2D eigenvalue weighted by Crippen LogP contribution is 2.18. The standard InChI is InChI=1S/C18H22N4O/c1-21(13-15-8-4-2-5-9-15)18(23)16-12-17(20-14-19-16)22-10-6-3-7-11-22/h2,4-5,8-9,12,14H,3,6-7,10-11,13H2,1H3. The SMILES string of the molecule is CN(Cc1ccccc1)C(=O)c1cc(N2CCCCC2)ncn1. The maximum Gasteiger partial charge on any atom is 0.272 e. The molecule has 0 spiro atoms. The second-order valence-corrected chi connectivity index (χ2v) is 5.96. The van der Waals surface area contributed by atoms with Crippen LogP contribution in [0.3, 0.4) is 0 Å². The van der Waals surface area contributed by atoms with Gasteiger partial charge in [0, 0.05) is 32.7 Å². The van der Waals surface area contributed by atoms with E-state index < -0.39 is 0 Å². The number of hydrogen-bond acceptors (Lipinski definition) is 4. The number of aromatic nitrogens is 2. The van der Waals surface area contributed by atoms with Gasteiger partial charge in [-0.3, -0.25) is 4.79 Å². The number of carbonyl (C=O) groups excluding carboxylic acids is 1. The molecule has 0 unspecified atom stereocenters. The van der Waals surface area contributed by atoms with Gasteiger partial charge in [-0.1, -0.05) is 30.3 Å². The van der Waals surface area contributed by atoms with E-state index in [2.05, 4.69) is 14.9 Å². The van der Waals surface area contributed by atoms with Gasteiger partial charge >= 0.3 is 0 Å². The molecule has 2 heterocycles. The zero-order chi connectivity index (χ0) is 16.1. The number of carbonyl (C=O) groups is 1. The van der Waals surface area contributed by atoms with Crippen molar-refractivity contribution in [1.29, 1.82) is 0 Å². The van der Waals surface area contributed by atoms with Gasteiger partial charge in [-0.15, -0.1) is 0 Å². The Bertz CT molecular complexity index is 653. The van der Waals surface area contributed by atoms with E-state index in [0.717, 1.165) is 24.5 Å². The van der Waals surface area contributed by atoms with Gasteiger partial charge in [-0.05, 0) is 24.8 Å². The summed E-state index contributed by atoms with van der Waals surface area (Å²) in [4.78, 5) is 25.0. The molecule has 3 rings (SSSR count). The van der Waals surface area contributed by atoms with Gasteiger partial charge in [0.1, 0.15) is 17.8 Å². The minimum Gasteiger partial charge on any atom is -0.357 e. The predicted molar refractivity (Wildman–Crippen MR) is 90.3 cm³/mol. The lowest BCUT2D eigenvalue weighted by Gasteiger charge is -2.27. The summed E-state index contributed by atoms with van der Waals surface area (Å²) in [5.74, 6) is 0.783. The fourth-order valence-corrected chi connectivity index (χ4v) is 2.88. The Labute approximate surface area is 137 Å². The second-order valence-electron chi connectivity index (χ2n) is 5.96. The van der Waals surface area contributed by atoms with E-state index in [1.54, 1.807) is 11.9 Å². The minimum absolute atomic E-state index is 0.0745. The molecule has 0 atom stereocenters. The third-order valence-corrected chi connectivity index (χ3v) is 4.16. The Morgan fingerprint density at radius 3 is 2.61 bits per heavy atom. The molecule has 0 N–H and O–H groups in total. The molecule has 1 saturated heterocycles. The van der Waals surface area contributed by atoms with E-state index in [9.17, 15) is 4.79 Å². The molecule has 5 nitrogen and oxygen atoms in total. The van der Waals surface area contributed by atoms with Gasteiger partial charge in [0.25, 0.3) is 5.91 Å². The Morgan fingerprint density at radius 1 is 1.13 bits per heavy atom. The molecule has 1 aliphatic rings. The van der Waals surface area contributed by atoms with Gasteiger partial charge in [0.05, 0.1) is 0 Å². The van der Waals surface area contributed by atoms with Crippen LogP contribution in [0.4, 0.5) is 5.82 Å². The van der Waals surface area contributed by atoms with Crippen LogP contribution in [0, 0.1) is 0 Å². The molecule has 1 fully saturated rings. The predicted octanol–water partition coefficient (Wildman–Crippen LogP) is 2.74. The lowest BCUT2D eigenvalue weighted by Crippen LogP contribution is -2.31. The first-order valence-electron chi connectivity index (χ1n) is 8.10. The number of benzene rings is 1. The summed E-state index contributed by atoms with van der Waals surface area (Å²) in [5, 5.41) is 0. The van der Waals surface area contributed by atoms with Crippen LogP contribution in [0.15, 0.2) is 42.7 Å². The summed E-state index contributed by atoms with van der Waals surface area (Å²) >= 11 is 0. The summed E-state index contributed by atoms with van der Waals surface area (Å²) in [6, 6.07) is 11.8. The minimum atomic E-state index is -0.0745. The van der Waals surface area contributed by atoms with Gasteiger partial charge < -0.3 is 9.80 Å². The maximum atomic E-state index is 12.6. The van der Waals surface area contributed by atoms with Crippen molar-refractivity contribution in [3.63, 3.8) is 0 Å². The number of amides is 1.